The number of carboxylic acid groups (broad SMARTS) is 1. The van der Waals surface area contributed by atoms with Gasteiger partial charge >= 0.3 is 5.97 Å². The van der Waals surface area contributed by atoms with Crippen LogP contribution in [0.2, 0.25) is 0 Å². The minimum Gasteiger partial charge on any atom is -0.481 e. The number of nitrogens with one attached hydrogen (secondary N) is 2. The van der Waals surface area contributed by atoms with E-state index in [-0.39, 0.29) is 23.5 Å². The lowest BCUT2D eigenvalue weighted by Gasteiger charge is -2.53. The van der Waals surface area contributed by atoms with Crippen LogP contribution < -0.4 is 5.32 Å². The van der Waals surface area contributed by atoms with Crippen LogP contribution in [0.25, 0.3) is 22.4 Å². The molecule has 3 unspecified atom stereocenters. The lowest BCUT2D eigenvalue weighted by molar-refractivity contribution is -0.138. The molecule has 2 bridgehead atoms. The second-order valence-corrected chi connectivity index (χ2v) is 10.5. The molecule has 0 radical (unpaired) electrons. The molecule has 7 nitrogen and oxygen atoms in total. The highest BCUT2D eigenvalue weighted by atomic mass is 19.1. The zero-order valence-corrected chi connectivity index (χ0v) is 19.3. The Labute approximate surface area is 196 Å². The summed E-state index contributed by atoms with van der Waals surface area (Å²) in [6.07, 6.45) is 8.75. The van der Waals surface area contributed by atoms with Crippen molar-refractivity contribution in [1.29, 1.82) is 0 Å². The number of aliphatic carboxylic acids is 1. The molecular formula is C25H29F2N5O2. The second kappa shape index (κ2) is 8.60. The fraction of sp³-hybridized carbons (Fsp3) is 0.520. The molecule has 9 heteroatoms. The van der Waals surface area contributed by atoms with Crippen molar-refractivity contribution in [3.63, 3.8) is 0 Å². The number of hydrogen-bond acceptors (Lipinski definition) is 5. The van der Waals surface area contributed by atoms with Crippen LogP contribution >= 0.6 is 0 Å². The Morgan fingerprint density at radius 1 is 1.21 bits per heavy atom. The summed E-state index contributed by atoms with van der Waals surface area (Å²) in [6.45, 7) is 4.45. The lowest BCUT2D eigenvalue weighted by atomic mass is 9.54. The topological polar surface area (TPSA) is 104 Å². The first-order valence-electron chi connectivity index (χ1n) is 11.9. The highest BCUT2D eigenvalue weighted by Gasteiger charge is 2.49. The molecule has 0 aromatic carbocycles. The van der Waals surface area contributed by atoms with Gasteiger partial charge in [-0.1, -0.05) is 13.8 Å². The standard InChI is InChI=1S/C25H29F2N5O2/c1-13-3-15-4-14(2)8-25(7-13,9-15)20(6-21(33)34)31-24-19(27)12-30-23(32-24)18-11-29-22-17(18)5-16(26)10-28-22/h5,10-15,20H,3-4,6-9H2,1-2H3,(H,28,29)(H,33,34)(H,30,31,32). The van der Waals surface area contributed by atoms with Gasteiger partial charge in [0.1, 0.15) is 11.5 Å². The Hall–Kier alpha value is -3.10. The summed E-state index contributed by atoms with van der Waals surface area (Å²) >= 11 is 0. The smallest absolute Gasteiger partial charge is 0.305 e. The van der Waals surface area contributed by atoms with E-state index in [1.165, 1.54) is 6.07 Å². The van der Waals surface area contributed by atoms with Gasteiger partial charge < -0.3 is 15.4 Å². The molecule has 34 heavy (non-hydrogen) atoms. The Kier molecular flexibility index (Phi) is 5.73. The van der Waals surface area contributed by atoms with Gasteiger partial charge in [0, 0.05) is 23.2 Å². The van der Waals surface area contributed by atoms with E-state index in [0.29, 0.717) is 34.4 Å². The molecule has 2 saturated carbocycles. The molecule has 3 N–H and O–H groups in total. The number of rotatable bonds is 6. The summed E-state index contributed by atoms with van der Waals surface area (Å²) in [5.41, 5.74) is 0.736. The van der Waals surface area contributed by atoms with Crippen molar-refractivity contribution >= 4 is 22.8 Å². The molecule has 2 aliphatic carbocycles. The van der Waals surface area contributed by atoms with Gasteiger partial charge in [0.05, 0.1) is 18.8 Å². The maximum Gasteiger partial charge on any atom is 0.305 e. The average Bonchev–Trinajstić information content (AvgIpc) is 3.16. The van der Waals surface area contributed by atoms with Gasteiger partial charge in [-0.25, -0.2) is 23.7 Å². The second-order valence-electron chi connectivity index (χ2n) is 10.5. The molecule has 0 aliphatic heterocycles. The van der Waals surface area contributed by atoms with E-state index in [0.717, 1.165) is 44.5 Å². The summed E-state index contributed by atoms with van der Waals surface area (Å²) < 4.78 is 28.7. The van der Waals surface area contributed by atoms with Crippen molar-refractivity contribution in [2.24, 2.45) is 23.2 Å². The van der Waals surface area contributed by atoms with Crippen LogP contribution in [-0.2, 0) is 4.79 Å². The Balaban J connectivity index is 1.52. The monoisotopic (exact) mass is 469 g/mol. The summed E-state index contributed by atoms with van der Waals surface area (Å²) in [4.78, 5) is 27.4. The SMILES string of the molecule is CC1CC2CC(C)CC(C(CC(=O)O)Nc3nc(-c4c[nH]c5ncc(F)cc45)ncc3F)(C1)C2. The van der Waals surface area contributed by atoms with Crippen molar-refractivity contribution < 1.29 is 18.7 Å². The number of pyridine rings is 1. The molecule has 2 aliphatic rings. The maximum atomic E-state index is 14.9. The number of carbonyl (C=O) groups is 1. The molecule has 180 valence electrons. The first-order chi connectivity index (χ1) is 16.2. The average molecular weight is 470 g/mol. The highest BCUT2D eigenvalue weighted by Crippen LogP contribution is 2.55. The first-order valence-corrected chi connectivity index (χ1v) is 11.9. The van der Waals surface area contributed by atoms with Crippen molar-refractivity contribution in [3.8, 4) is 11.4 Å². The minimum absolute atomic E-state index is 0.0302. The van der Waals surface area contributed by atoms with E-state index >= 15 is 0 Å². The number of carboxylic acids is 1. The van der Waals surface area contributed by atoms with Crippen LogP contribution in [0.5, 0.6) is 0 Å². The van der Waals surface area contributed by atoms with E-state index in [2.05, 4.69) is 39.1 Å². The van der Waals surface area contributed by atoms with E-state index in [9.17, 15) is 18.7 Å². The zero-order valence-electron chi connectivity index (χ0n) is 19.3. The van der Waals surface area contributed by atoms with Crippen molar-refractivity contribution in [3.05, 3.63) is 36.3 Å². The van der Waals surface area contributed by atoms with Crippen LogP contribution in [0.4, 0.5) is 14.6 Å². The molecule has 3 atom stereocenters. The molecule has 0 spiro atoms. The number of fused-ring (bicyclic) bond motifs is 3. The van der Waals surface area contributed by atoms with Gasteiger partial charge in [-0.2, -0.15) is 0 Å². The van der Waals surface area contributed by atoms with Gasteiger partial charge in [0.2, 0.25) is 0 Å². The van der Waals surface area contributed by atoms with Crippen molar-refractivity contribution in [2.45, 2.75) is 58.4 Å². The number of H-pyrrole nitrogens is 1. The molecule has 3 heterocycles. The van der Waals surface area contributed by atoms with Gasteiger partial charge in [-0.3, -0.25) is 4.79 Å². The Morgan fingerprint density at radius 2 is 1.94 bits per heavy atom. The van der Waals surface area contributed by atoms with Crippen LogP contribution in [0.1, 0.15) is 52.4 Å². The molecule has 3 aromatic rings. The molecular weight excluding hydrogens is 440 g/mol. The van der Waals surface area contributed by atoms with Crippen LogP contribution in [0.3, 0.4) is 0 Å². The van der Waals surface area contributed by atoms with Crippen LogP contribution in [-0.4, -0.2) is 37.1 Å². The molecule has 3 aromatic heterocycles. The third-order valence-corrected chi connectivity index (χ3v) is 7.59. The summed E-state index contributed by atoms with van der Waals surface area (Å²) in [5, 5.41) is 13.4. The number of anilines is 1. The van der Waals surface area contributed by atoms with Crippen molar-refractivity contribution in [2.75, 3.05) is 5.32 Å². The molecule has 0 amide bonds. The van der Waals surface area contributed by atoms with Crippen molar-refractivity contribution in [1.82, 2.24) is 19.9 Å². The van der Waals surface area contributed by atoms with E-state index in [4.69, 9.17) is 0 Å². The number of aromatic amines is 1. The summed E-state index contributed by atoms with van der Waals surface area (Å²) in [5.74, 6) is -0.352. The summed E-state index contributed by atoms with van der Waals surface area (Å²) in [6, 6.07) is 0.866. The Bertz CT molecular complexity index is 1210. The van der Waals surface area contributed by atoms with Crippen LogP contribution in [0, 0.1) is 34.8 Å². The molecule has 0 saturated heterocycles. The maximum absolute atomic E-state index is 14.9. The van der Waals surface area contributed by atoms with E-state index < -0.39 is 23.6 Å². The van der Waals surface area contributed by atoms with Gasteiger partial charge in [-0.05, 0) is 61.3 Å². The van der Waals surface area contributed by atoms with Gasteiger partial charge in [0.15, 0.2) is 17.5 Å². The van der Waals surface area contributed by atoms with Crippen LogP contribution in [0.15, 0.2) is 24.7 Å². The summed E-state index contributed by atoms with van der Waals surface area (Å²) in [7, 11) is 0. The Morgan fingerprint density at radius 3 is 2.65 bits per heavy atom. The van der Waals surface area contributed by atoms with Gasteiger partial charge in [0.25, 0.3) is 0 Å². The number of hydrogen-bond donors (Lipinski definition) is 3. The van der Waals surface area contributed by atoms with E-state index in [1.807, 2.05) is 0 Å². The fourth-order valence-electron chi connectivity index (χ4n) is 6.73. The zero-order chi connectivity index (χ0) is 24.0. The third-order valence-electron chi connectivity index (χ3n) is 7.59. The number of halogens is 2. The number of aromatic nitrogens is 4. The quantitative estimate of drug-likeness (QED) is 0.446. The predicted octanol–water partition coefficient (Wildman–Crippen LogP) is 5.41. The molecule has 5 rings (SSSR count). The highest BCUT2D eigenvalue weighted by molar-refractivity contribution is 5.91. The van der Waals surface area contributed by atoms with Gasteiger partial charge in [-0.15, -0.1) is 0 Å². The molecule has 2 fully saturated rings. The largest absolute Gasteiger partial charge is 0.481 e. The third kappa shape index (κ3) is 4.23. The lowest BCUT2D eigenvalue weighted by Crippen LogP contribution is -2.50. The first kappa shape index (κ1) is 22.7. The normalized spacial score (nSPS) is 27.5. The number of nitrogens with zero attached hydrogens (tertiary/aromatic N) is 3. The van der Waals surface area contributed by atoms with E-state index in [1.54, 1.807) is 6.20 Å². The predicted molar refractivity (Wildman–Crippen MR) is 124 cm³/mol. The minimum atomic E-state index is -0.923. The fourth-order valence-corrected chi connectivity index (χ4v) is 6.73.